The van der Waals surface area contributed by atoms with Crippen molar-refractivity contribution in [1.29, 1.82) is 0 Å². The zero-order chi connectivity index (χ0) is 13.1. The van der Waals surface area contributed by atoms with Crippen molar-refractivity contribution in [2.24, 2.45) is 5.92 Å². The van der Waals surface area contributed by atoms with Crippen LogP contribution in [0.3, 0.4) is 0 Å². The molecule has 2 rings (SSSR count). The summed E-state index contributed by atoms with van der Waals surface area (Å²) in [5, 5.41) is 2.99. The molecule has 4 heteroatoms. The van der Waals surface area contributed by atoms with Crippen molar-refractivity contribution < 1.29 is 9.59 Å². The monoisotopic (exact) mass is 252 g/mol. The average molecular weight is 252 g/mol. The summed E-state index contributed by atoms with van der Waals surface area (Å²) < 4.78 is 0. The molecule has 1 aliphatic carbocycles. The molecule has 1 N–H and O–H groups in total. The van der Waals surface area contributed by atoms with Gasteiger partial charge >= 0.3 is 0 Å². The first kappa shape index (κ1) is 13.4. The molecule has 2 amide bonds. The summed E-state index contributed by atoms with van der Waals surface area (Å²) in [4.78, 5) is 26.0. The predicted octanol–water partition coefficient (Wildman–Crippen LogP) is 1.69. The van der Waals surface area contributed by atoms with Crippen molar-refractivity contribution >= 4 is 11.8 Å². The van der Waals surface area contributed by atoms with Crippen LogP contribution in [0, 0.1) is 5.92 Å². The van der Waals surface area contributed by atoms with E-state index < -0.39 is 0 Å². The maximum Gasteiger partial charge on any atom is 0.225 e. The van der Waals surface area contributed by atoms with Crippen LogP contribution in [-0.2, 0) is 9.59 Å². The van der Waals surface area contributed by atoms with Gasteiger partial charge < -0.3 is 10.2 Å². The molecule has 0 bridgehead atoms. The lowest BCUT2D eigenvalue weighted by molar-refractivity contribution is -0.130. The van der Waals surface area contributed by atoms with Crippen molar-refractivity contribution in [3.8, 4) is 0 Å². The second-order valence-corrected chi connectivity index (χ2v) is 5.70. The normalized spacial score (nSPS) is 26.7. The Balaban J connectivity index is 1.89. The van der Waals surface area contributed by atoms with Gasteiger partial charge in [-0.2, -0.15) is 0 Å². The summed E-state index contributed by atoms with van der Waals surface area (Å²) in [6.07, 6.45) is 6.00. The first-order valence-electron chi connectivity index (χ1n) is 7.21. The lowest BCUT2D eigenvalue weighted by Gasteiger charge is -2.24. The van der Waals surface area contributed by atoms with Crippen LogP contribution in [0.1, 0.15) is 52.4 Å². The zero-order valence-electron chi connectivity index (χ0n) is 11.4. The van der Waals surface area contributed by atoms with Gasteiger partial charge in [0.1, 0.15) is 0 Å². The molecule has 2 aliphatic rings. The van der Waals surface area contributed by atoms with E-state index >= 15 is 0 Å². The first-order valence-corrected chi connectivity index (χ1v) is 7.21. The maximum absolute atomic E-state index is 12.0. The molecular weight excluding hydrogens is 228 g/mol. The Morgan fingerprint density at radius 3 is 2.72 bits per heavy atom. The molecule has 1 saturated heterocycles. The number of hydrogen-bond donors (Lipinski definition) is 1. The van der Waals surface area contributed by atoms with Crippen LogP contribution in [0.4, 0.5) is 0 Å². The van der Waals surface area contributed by atoms with E-state index in [0.29, 0.717) is 19.0 Å². The number of nitrogens with zero attached hydrogens (tertiary/aromatic N) is 1. The summed E-state index contributed by atoms with van der Waals surface area (Å²) in [6.45, 7) is 4.69. The first-order chi connectivity index (χ1) is 8.61. The van der Waals surface area contributed by atoms with E-state index in [1.807, 2.05) is 11.8 Å². The summed E-state index contributed by atoms with van der Waals surface area (Å²) in [7, 11) is 0. The predicted molar refractivity (Wildman–Crippen MR) is 70.0 cm³/mol. The molecule has 1 heterocycles. The van der Waals surface area contributed by atoms with Crippen molar-refractivity contribution in [3.63, 3.8) is 0 Å². The minimum Gasteiger partial charge on any atom is -0.353 e. The van der Waals surface area contributed by atoms with Gasteiger partial charge in [0.15, 0.2) is 0 Å². The largest absolute Gasteiger partial charge is 0.353 e. The molecule has 2 fully saturated rings. The van der Waals surface area contributed by atoms with E-state index in [1.165, 1.54) is 12.8 Å². The van der Waals surface area contributed by atoms with Gasteiger partial charge in [0.25, 0.3) is 0 Å². The summed E-state index contributed by atoms with van der Waals surface area (Å²) in [6, 6.07) is 0.604. The van der Waals surface area contributed by atoms with E-state index in [1.54, 1.807) is 0 Å². The van der Waals surface area contributed by atoms with Gasteiger partial charge in [0, 0.05) is 25.0 Å². The second-order valence-electron chi connectivity index (χ2n) is 5.70. The fraction of sp³-hybridized carbons (Fsp3) is 0.857. The fourth-order valence-electron chi connectivity index (χ4n) is 2.94. The Labute approximate surface area is 109 Å². The van der Waals surface area contributed by atoms with E-state index in [-0.39, 0.29) is 23.8 Å². The molecule has 2 atom stereocenters. The third kappa shape index (κ3) is 2.85. The molecule has 0 radical (unpaired) electrons. The minimum atomic E-state index is -0.132. The van der Waals surface area contributed by atoms with E-state index in [2.05, 4.69) is 12.2 Å². The molecule has 102 valence electrons. The van der Waals surface area contributed by atoms with E-state index in [4.69, 9.17) is 0 Å². The Hall–Kier alpha value is -1.06. The van der Waals surface area contributed by atoms with Crippen LogP contribution < -0.4 is 5.32 Å². The molecule has 18 heavy (non-hydrogen) atoms. The lowest BCUT2D eigenvalue weighted by Crippen LogP contribution is -2.39. The fourth-order valence-corrected chi connectivity index (χ4v) is 2.94. The lowest BCUT2D eigenvalue weighted by atomic mass is 10.1. The smallest absolute Gasteiger partial charge is 0.225 e. The van der Waals surface area contributed by atoms with Crippen molar-refractivity contribution in [2.75, 3.05) is 6.54 Å². The third-order valence-electron chi connectivity index (χ3n) is 4.30. The van der Waals surface area contributed by atoms with E-state index in [9.17, 15) is 9.59 Å². The number of amides is 2. The minimum absolute atomic E-state index is 0.0539. The molecule has 0 aromatic heterocycles. The van der Waals surface area contributed by atoms with Crippen LogP contribution in [0.2, 0.25) is 0 Å². The number of carbonyl (C=O) groups is 2. The molecule has 0 spiro atoms. The highest BCUT2D eigenvalue weighted by Crippen LogP contribution is 2.29. The highest BCUT2D eigenvalue weighted by Gasteiger charge is 2.38. The maximum atomic E-state index is 12.0. The van der Waals surface area contributed by atoms with Crippen LogP contribution in [-0.4, -0.2) is 35.3 Å². The number of likely N-dealkylation sites (tertiary alicyclic amines) is 1. The molecule has 0 aromatic rings. The van der Waals surface area contributed by atoms with E-state index in [0.717, 1.165) is 19.3 Å². The van der Waals surface area contributed by atoms with Gasteiger partial charge in [0.2, 0.25) is 11.8 Å². The van der Waals surface area contributed by atoms with Crippen molar-refractivity contribution in [1.82, 2.24) is 10.2 Å². The summed E-state index contributed by atoms with van der Waals surface area (Å²) in [5.41, 5.74) is 0. The highest BCUT2D eigenvalue weighted by atomic mass is 16.2. The number of hydrogen-bond acceptors (Lipinski definition) is 2. The Kier molecular flexibility index (Phi) is 4.25. The molecule has 1 aliphatic heterocycles. The van der Waals surface area contributed by atoms with Crippen LogP contribution in [0.15, 0.2) is 0 Å². The Morgan fingerprint density at radius 1 is 1.44 bits per heavy atom. The molecule has 0 aromatic carbocycles. The van der Waals surface area contributed by atoms with Gasteiger partial charge in [-0.15, -0.1) is 0 Å². The molecule has 4 nitrogen and oxygen atoms in total. The van der Waals surface area contributed by atoms with Crippen molar-refractivity contribution in [2.45, 2.75) is 64.5 Å². The summed E-state index contributed by atoms with van der Waals surface area (Å²) in [5.74, 6) is 0.0940. The van der Waals surface area contributed by atoms with Gasteiger partial charge in [-0.3, -0.25) is 9.59 Å². The van der Waals surface area contributed by atoms with Crippen molar-refractivity contribution in [3.05, 3.63) is 0 Å². The van der Waals surface area contributed by atoms with Crippen LogP contribution in [0.25, 0.3) is 0 Å². The highest BCUT2D eigenvalue weighted by molar-refractivity contribution is 5.89. The molecular formula is C14H24N2O2. The topological polar surface area (TPSA) is 49.4 Å². The summed E-state index contributed by atoms with van der Waals surface area (Å²) >= 11 is 0. The average Bonchev–Trinajstić information content (AvgIpc) is 2.97. The SMILES string of the molecule is CCC(C)NC(=O)C1CC(=O)N(C2CCCC2)C1. The number of rotatable bonds is 4. The standard InChI is InChI=1S/C14H24N2O2/c1-3-10(2)15-14(18)11-8-13(17)16(9-11)12-6-4-5-7-12/h10-12H,3-9H2,1-2H3,(H,15,18). The number of nitrogens with one attached hydrogen (secondary N) is 1. The number of carbonyl (C=O) groups excluding carboxylic acids is 2. The van der Waals surface area contributed by atoms with Gasteiger partial charge in [-0.05, 0) is 26.2 Å². The van der Waals surface area contributed by atoms with Crippen LogP contribution in [0.5, 0.6) is 0 Å². The quantitative estimate of drug-likeness (QED) is 0.827. The Morgan fingerprint density at radius 2 is 2.11 bits per heavy atom. The van der Waals surface area contributed by atoms with Gasteiger partial charge in [-0.25, -0.2) is 0 Å². The second kappa shape index (κ2) is 5.72. The van der Waals surface area contributed by atoms with Gasteiger partial charge in [0.05, 0.1) is 5.92 Å². The van der Waals surface area contributed by atoms with Gasteiger partial charge in [-0.1, -0.05) is 19.8 Å². The third-order valence-corrected chi connectivity index (χ3v) is 4.30. The van der Waals surface area contributed by atoms with Crippen LogP contribution >= 0.6 is 0 Å². The molecule has 2 unspecified atom stereocenters. The Bertz CT molecular complexity index is 324. The zero-order valence-corrected chi connectivity index (χ0v) is 11.4. The molecule has 1 saturated carbocycles.